The maximum atomic E-state index is 12.0. The fourth-order valence-electron chi connectivity index (χ4n) is 1.79. The van der Waals surface area contributed by atoms with E-state index in [1.165, 1.54) is 11.3 Å². The summed E-state index contributed by atoms with van der Waals surface area (Å²) in [6.07, 6.45) is 0. The molecule has 1 N–H and O–H groups in total. The van der Waals surface area contributed by atoms with Crippen molar-refractivity contribution in [2.24, 2.45) is 0 Å². The van der Waals surface area contributed by atoms with Gasteiger partial charge in [-0.05, 0) is 35.7 Å². The Labute approximate surface area is 150 Å². The molecule has 1 amide bonds. The number of nitrogens with zero attached hydrogens (tertiary/aromatic N) is 2. The van der Waals surface area contributed by atoms with Gasteiger partial charge in [0.15, 0.2) is 0 Å². The maximum Gasteiger partial charge on any atom is 0.338 e. The van der Waals surface area contributed by atoms with Crippen LogP contribution in [0.15, 0.2) is 41.8 Å². The Hall–Kier alpha value is -2.29. The number of hydrogen-bond acceptors (Lipinski definition) is 7. The fourth-order valence-corrected chi connectivity index (χ4v) is 3.01. The minimum atomic E-state index is -0.504. The van der Waals surface area contributed by atoms with Gasteiger partial charge in [-0.1, -0.05) is 22.2 Å². The van der Waals surface area contributed by atoms with Crippen LogP contribution in [0.1, 0.15) is 25.7 Å². The largest absolute Gasteiger partial charge is 0.455 e. The molecule has 0 atom stereocenters. The standard InChI is InChI=1S/C15H10ClN3O3S2/c16-13-11(18-19-24-13)8-22-15(21)9-3-5-10(6-4-9)17-14(20)12-2-1-7-23-12/h1-7H,8H2,(H,17,20). The summed E-state index contributed by atoms with van der Waals surface area (Å²) in [5, 5.41) is 8.35. The van der Waals surface area contributed by atoms with Crippen molar-refractivity contribution in [2.75, 3.05) is 5.32 Å². The zero-order valence-electron chi connectivity index (χ0n) is 12.1. The molecule has 0 bridgehead atoms. The van der Waals surface area contributed by atoms with Crippen LogP contribution in [0.25, 0.3) is 0 Å². The van der Waals surface area contributed by atoms with Gasteiger partial charge in [0, 0.05) is 17.2 Å². The lowest BCUT2D eigenvalue weighted by Crippen LogP contribution is -2.10. The second kappa shape index (κ2) is 7.52. The van der Waals surface area contributed by atoms with Gasteiger partial charge in [-0.3, -0.25) is 4.79 Å². The van der Waals surface area contributed by atoms with Gasteiger partial charge < -0.3 is 10.1 Å². The topological polar surface area (TPSA) is 81.2 Å². The number of hydrogen-bond donors (Lipinski definition) is 1. The molecule has 122 valence electrons. The van der Waals surface area contributed by atoms with Crippen LogP contribution in [0.4, 0.5) is 5.69 Å². The first-order valence-electron chi connectivity index (χ1n) is 6.72. The van der Waals surface area contributed by atoms with Crippen LogP contribution in [-0.4, -0.2) is 21.5 Å². The third-order valence-corrected chi connectivity index (χ3v) is 4.83. The van der Waals surface area contributed by atoms with E-state index >= 15 is 0 Å². The number of anilines is 1. The Bertz CT molecular complexity index is 847. The number of nitrogens with one attached hydrogen (secondary N) is 1. The second-order valence-corrected chi connectivity index (χ2v) is 6.88. The van der Waals surface area contributed by atoms with Crippen LogP contribution in [0, 0.1) is 0 Å². The van der Waals surface area contributed by atoms with Crippen molar-refractivity contribution >= 4 is 52.0 Å². The van der Waals surface area contributed by atoms with Crippen molar-refractivity contribution in [3.8, 4) is 0 Å². The molecule has 0 fully saturated rings. The van der Waals surface area contributed by atoms with E-state index in [1.54, 1.807) is 30.3 Å². The number of aromatic nitrogens is 2. The molecule has 0 saturated heterocycles. The monoisotopic (exact) mass is 379 g/mol. The summed E-state index contributed by atoms with van der Waals surface area (Å²) in [7, 11) is 0. The van der Waals surface area contributed by atoms with Crippen LogP contribution < -0.4 is 5.32 Å². The number of thiophene rings is 1. The van der Waals surface area contributed by atoms with E-state index in [1.807, 2.05) is 11.4 Å². The summed E-state index contributed by atoms with van der Waals surface area (Å²) in [6.45, 7) is -0.0367. The van der Waals surface area contributed by atoms with Crippen molar-refractivity contribution in [3.63, 3.8) is 0 Å². The van der Waals surface area contributed by atoms with E-state index in [0.717, 1.165) is 11.5 Å². The molecule has 2 aromatic heterocycles. The molecule has 0 aliphatic heterocycles. The SMILES string of the molecule is O=C(OCc1nnsc1Cl)c1ccc(NC(=O)c2cccs2)cc1. The Morgan fingerprint density at radius 1 is 1.21 bits per heavy atom. The van der Waals surface area contributed by atoms with E-state index < -0.39 is 5.97 Å². The Morgan fingerprint density at radius 3 is 2.62 bits per heavy atom. The lowest BCUT2D eigenvalue weighted by Gasteiger charge is -2.06. The highest BCUT2D eigenvalue weighted by atomic mass is 35.5. The zero-order valence-corrected chi connectivity index (χ0v) is 14.5. The van der Waals surface area contributed by atoms with E-state index in [4.69, 9.17) is 16.3 Å². The molecule has 3 rings (SSSR count). The van der Waals surface area contributed by atoms with Crippen LogP contribution in [0.5, 0.6) is 0 Å². The average molecular weight is 380 g/mol. The predicted molar refractivity (Wildman–Crippen MR) is 92.8 cm³/mol. The zero-order chi connectivity index (χ0) is 16.9. The van der Waals surface area contributed by atoms with Gasteiger partial charge in [0.25, 0.3) is 5.91 Å². The first kappa shape index (κ1) is 16.6. The van der Waals surface area contributed by atoms with Gasteiger partial charge >= 0.3 is 5.97 Å². The number of halogens is 1. The van der Waals surface area contributed by atoms with Crippen LogP contribution in [-0.2, 0) is 11.3 Å². The molecule has 1 aromatic carbocycles. The molecule has 24 heavy (non-hydrogen) atoms. The normalized spacial score (nSPS) is 10.4. The number of rotatable bonds is 5. The maximum absolute atomic E-state index is 12.0. The average Bonchev–Trinajstić information content (AvgIpc) is 3.25. The molecule has 0 saturated carbocycles. The quantitative estimate of drug-likeness (QED) is 0.680. The third kappa shape index (κ3) is 3.97. The third-order valence-electron chi connectivity index (χ3n) is 2.97. The first-order chi connectivity index (χ1) is 11.6. The highest BCUT2D eigenvalue weighted by molar-refractivity contribution is 7.12. The molecule has 0 unspecified atom stereocenters. The summed E-state index contributed by atoms with van der Waals surface area (Å²) in [5.74, 6) is -0.693. The van der Waals surface area contributed by atoms with Crippen molar-refractivity contribution < 1.29 is 14.3 Å². The lowest BCUT2D eigenvalue weighted by molar-refractivity contribution is 0.0468. The minimum absolute atomic E-state index is 0.0367. The molecule has 9 heteroatoms. The summed E-state index contributed by atoms with van der Waals surface area (Å²) in [4.78, 5) is 24.5. The molecule has 3 aromatic rings. The predicted octanol–water partition coefficient (Wildman–Crippen LogP) is 3.86. The molecular formula is C15H10ClN3O3S2. The highest BCUT2D eigenvalue weighted by Crippen LogP contribution is 2.19. The number of esters is 1. The Balaban J connectivity index is 1.58. The number of amides is 1. The summed E-state index contributed by atoms with van der Waals surface area (Å²) < 4.78 is 9.19. The second-order valence-electron chi connectivity index (χ2n) is 4.58. The van der Waals surface area contributed by atoms with Crippen molar-refractivity contribution in [1.29, 1.82) is 0 Å². The van der Waals surface area contributed by atoms with Gasteiger partial charge in [0.1, 0.15) is 16.6 Å². The summed E-state index contributed by atoms with van der Waals surface area (Å²) in [5.41, 5.74) is 1.38. The number of carbonyl (C=O) groups is 2. The van der Waals surface area contributed by atoms with E-state index in [-0.39, 0.29) is 12.5 Å². The van der Waals surface area contributed by atoms with Crippen molar-refractivity contribution in [3.05, 3.63) is 62.2 Å². The minimum Gasteiger partial charge on any atom is -0.455 e. The van der Waals surface area contributed by atoms with Crippen molar-refractivity contribution in [1.82, 2.24) is 9.59 Å². The van der Waals surface area contributed by atoms with Crippen LogP contribution in [0.3, 0.4) is 0 Å². The smallest absolute Gasteiger partial charge is 0.338 e. The highest BCUT2D eigenvalue weighted by Gasteiger charge is 2.12. The number of ether oxygens (including phenoxy) is 1. The molecule has 0 aliphatic carbocycles. The number of carbonyl (C=O) groups excluding carboxylic acids is 2. The molecule has 0 radical (unpaired) electrons. The lowest BCUT2D eigenvalue weighted by atomic mass is 10.2. The molecule has 0 aliphatic rings. The van der Waals surface area contributed by atoms with Crippen LogP contribution >= 0.6 is 34.5 Å². The van der Waals surface area contributed by atoms with Gasteiger partial charge in [0.2, 0.25) is 0 Å². The van der Waals surface area contributed by atoms with E-state index in [0.29, 0.717) is 26.2 Å². The van der Waals surface area contributed by atoms with Gasteiger partial charge in [-0.15, -0.1) is 16.4 Å². The van der Waals surface area contributed by atoms with Gasteiger partial charge in [-0.2, -0.15) is 0 Å². The molecular weight excluding hydrogens is 370 g/mol. The van der Waals surface area contributed by atoms with Gasteiger partial charge in [0.05, 0.1) is 10.4 Å². The van der Waals surface area contributed by atoms with E-state index in [9.17, 15) is 9.59 Å². The fraction of sp³-hybridized carbons (Fsp3) is 0.0667. The number of benzene rings is 1. The van der Waals surface area contributed by atoms with E-state index in [2.05, 4.69) is 14.9 Å². The Kier molecular flexibility index (Phi) is 5.19. The van der Waals surface area contributed by atoms with Crippen LogP contribution in [0.2, 0.25) is 4.34 Å². The molecule has 2 heterocycles. The van der Waals surface area contributed by atoms with Crippen molar-refractivity contribution in [2.45, 2.75) is 6.61 Å². The first-order valence-corrected chi connectivity index (χ1v) is 8.75. The van der Waals surface area contributed by atoms with Gasteiger partial charge in [-0.25, -0.2) is 4.79 Å². The molecule has 0 spiro atoms. The summed E-state index contributed by atoms with van der Waals surface area (Å²) >= 11 is 8.23. The molecule has 6 nitrogen and oxygen atoms in total. The summed E-state index contributed by atoms with van der Waals surface area (Å²) in [6, 6.07) is 9.98. The Morgan fingerprint density at radius 2 is 2.00 bits per heavy atom.